The largest absolute Gasteiger partial charge is 0.496 e. The fourth-order valence-electron chi connectivity index (χ4n) is 2.43. The van der Waals surface area contributed by atoms with Crippen molar-refractivity contribution in [2.45, 2.75) is 5.37 Å². The Morgan fingerprint density at radius 3 is 2.50 bits per heavy atom. The average Bonchev–Trinajstić information content (AvgIpc) is 2.90. The Bertz CT molecular complexity index is 706. The van der Waals surface area contributed by atoms with E-state index in [1.54, 1.807) is 42.0 Å². The summed E-state index contributed by atoms with van der Waals surface area (Å²) in [6.45, 7) is 0. The van der Waals surface area contributed by atoms with Gasteiger partial charge in [0, 0.05) is 21.3 Å². The molecule has 22 heavy (non-hydrogen) atoms. The van der Waals surface area contributed by atoms with Gasteiger partial charge in [0.1, 0.15) is 11.1 Å². The van der Waals surface area contributed by atoms with Crippen molar-refractivity contribution < 1.29 is 9.53 Å². The van der Waals surface area contributed by atoms with Gasteiger partial charge in [-0.1, -0.05) is 23.2 Å². The van der Waals surface area contributed by atoms with Gasteiger partial charge in [0.25, 0.3) is 0 Å². The number of halogens is 2. The van der Waals surface area contributed by atoms with Gasteiger partial charge in [-0.15, -0.1) is 11.8 Å². The summed E-state index contributed by atoms with van der Waals surface area (Å²) < 4.78 is 5.42. The van der Waals surface area contributed by atoms with E-state index in [2.05, 4.69) is 0 Å². The molecule has 3 nitrogen and oxygen atoms in total. The third-order valence-corrected chi connectivity index (χ3v) is 5.11. The van der Waals surface area contributed by atoms with E-state index < -0.39 is 0 Å². The van der Waals surface area contributed by atoms with Gasteiger partial charge in [0.15, 0.2) is 0 Å². The number of methoxy groups -OCH3 is 1. The Kier molecular flexibility index (Phi) is 4.52. The molecule has 3 rings (SSSR count). The van der Waals surface area contributed by atoms with Crippen molar-refractivity contribution >= 4 is 46.6 Å². The molecule has 1 heterocycles. The number of thioether (sulfide) groups is 1. The molecular formula is C16H13Cl2NO2S. The van der Waals surface area contributed by atoms with Gasteiger partial charge in [-0.2, -0.15) is 0 Å². The molecule has 1 fully saturated rings. The molecule has 1 aliphatic rings. The predicted octanol–water partition coefficient (Wildman–Crippen LogP) is 4.78. The van der Waals surface area contributed by atoms with Crippen molar-refractivity contribution in [2.24, 2.45) is 0 Å². The highest BCUT2D eigenvalue weighted by atomic mass is 35.5. The fourth-order valence-corrected chi connectivity index (χ4v) is 3.93. The van der Waals surface area contributed by atoms with Crippen LogP contribution in [0.3, 0.4) is 0 Å². The average molecular weight is 354 g/mol. The molecule has 2 aromatic rings. The van der Waals surface area contributed by atoms with E-state index in [0.717, 1.165) is 17.0 Å². The molecule has 0 radical (unpaired) electrons. The van der Waals surface area contributed by atoms with Gasteiger partial charge < -0.3 is 4.74 Å². The Balaban J connectivity index is 2.04. The Morgan fingerprint density at radius 2 is 1.82 bits per heavy atom. The van der Waals surface area contributed by atoms with Gasteiger partial charge in [-0.25, -0.2) is 0 Å². The maximum Gasteiger partial charge on any atom is 0.238 e. The molecule has 0 aromatic heterocycles. The molecule has 0 bridgehead atoms. The summed E-state index contributed by atoms with van der Waals surface area (Å²) in [5.74, 6) is 1.19. The molecule has 1 aliphatic heterocycles. The second kappa shape index (κ2) is 6.41. The number of amides is 1. The predicted molar refractivity (Wildman–Crippen MR) is 92.1 cm³/mol. The zero-order chi connectivity index (χ0) is 15.7. The lowest BCUT2D eigenvalue weighted by atomic mass is 10.1. The number of ether oxygens (including phenoxy) is 1. The number of anilines is 1. The minimum Gasteiger partial charge on any atom is -0.496 e. The van der Waals surface area contributed by atoms with Crippen molar-refractivity contribution in [1.29, 1.82) is 0 Å². The molecule has 0 saturated carbocycles. The van der Waals surface area contributed by atoms with Crippen molar-refractivity contribution in [3.8, 4) is 5.75 Å². The molecule has 114 valence electrons. The quantitative estimate of drug-likeness (QED) is 0.794. The summed E-state index contributed by atoms with van der Waals surface area (Å²) in [7, 11) is 1.61. The summed E-state index contributed by atoms with van der Waals surface area (Å²) in [6.07, 6.45) is 0. The molecule has 2 aromatic carbocycles. The maximum absolute atomic E-state index is 12.3. The van der Waals surface area contributed by atoms with Gasteiger partial charge in [-0.3, -0.25) is 9.69 Å². The smallest absolute Gasteiger partial charge is 0.238 e. The first-order valence-corrected chi connectivity index (χ1v) is 8.43. The molecule has 0 N–H and O–H groups in total. The standard InChI is InChI=1S/C16H13Cl2NO2S/c1-21-14-7-4-11(18)8-13(14)16-19(15(20)9-22-16)12-5-2-10(17)3-6-12/h2-8,16H,9H2,1H3/t16-/m0/s1. The van der Waals surface area contributed by atoms with Crippen molar-refractivity contribution in [2.75, 3.05) is 17.8 Å². The van der Waals surface area contributed by atoms with Gasteiger partial charge >= 0.3 is 0 Å². The normalized spacial score (nSPS) is 17.9. The number of hydrogen-bond donors (Lipinski definition) is 0. The number of nitrogens with zero attached hydrogens (tertiary/aromatic N) is 1. The number of carbonyl (C=O) groups excluding carboxylic acids is 1. The van der Waals surface area contributed by atoms with E-state index in [1.807, 2.05) is 24.3 Å². The zero-order valence-corrected chi connectivity index (χ0v) is 14.1. The van der Waals surface area contributed by atoms with Crippen LogP contribution in [0, 0.1) is 0 Å². The summed E-state index contributed by atoms with van der Waals surface area (Å²) >= 11 is 13.6. The van der Waals surface area contributed by atoms with E-state index in [-0.39, 0.29) is 11.3 Å². The van der Waals surface area contributed by atoms with Crippen LogP contribution in [0.2, 0.25) is 10.0 Å². The first kappa shape index (κ1) is 15.5. The SMILES string of the molecule is COc1ccc(Cl)cc1[C@@H]1SCC(=O)N1c1ccc(Cl)cc1. The molecule has 6 heteroatoms. The molecule has 1 atom stereocenters. The zero-order valence-electron chi connectivity index (χ0n) is 11.8. The third-order valence-electron chi connectivity index (χ3n) is 3.43. The fraction of sp³-hybridized carbons (Fsp3) is 0.188. The van der Waals surface area contributed by atoms with Crippen molar-refractivity contribution in [3.05, 3.63) is 58.1 Å². The van der Waals surface area contributed by atoms with Gasteiger partial charge in [-0.05, 0) is 42.5 Å². The minimum absolute atomic E-state index is 0.0550. The van der Waals surface area contributed by atoms with Gasteiger partial charge in [0.05, 0.1) is 12.9 Å². The highest BCUT2D eigenvalue weighted by Crippen LogP contribution is 2.45. The first-order valence-electron chi connectivity index (χ1n) is 6.63. The molecule has 0 aliphatic carbocycles. The molecule has 1 saturated heterocycles. The van der Waals surface area contributed by atoms with Crippen LogP contribution in [0.5, 0.6) is 5.75 Å². The molecular weight excluding hydrogens is 341 g/mol. The third kappa shape index (κ3) is 2.91. The lowest BCUT2D eigenvalue weighted by molar-refractivity contribution is -0.115. The molecule has 1 amide bonds. The Hall–Kier alpha value is -1.36. The number of rotatable bonds is 3. The lowest BCUT2D eigenvalue weighted by Gasteiger charge is -2.25. The summed E-state index contributed by atoms with van der Waals surface area (Å²) in [5, 5.41) is 1.09. The second-order valence-electron chi connectivity index (χ2n) is 4.79. The maximum atomic E-state index is 12.3. The monoisotopic (exact) mass is 353 g/mol. The van der Waals surface area contributed by atoms with Crippen LogP contribution in [0.1, 0.15) is 10.9 Å². The highest BCUT2D eigenvalue weighted by Gasteiger charge is 2.35. The van der Waals surface area contributed by atoms with Crippen LogP contribution in [0.4, 0.5) is 5.69 Å². The van der Waals surface area contributed by atoms with Crippen molar-refractivity contribution in [1.82, 2.24) is 0 Å². The lowest BCUT2D eigenvalue weighted by Crippen LogP contribution is -2.27. The van der Waals surface area contributed by atoms with Crippen LogP contribution in [-0.2, 0) is 4.79 Å². The molecule has 0 spiro atoms. The van der Waals surface area contributed by atoms with Crippen LogP contribution in [-0.4, -0.2) is 18.8 Å². The Morgan fingerprint density at radius 1 is 1.14 bits per heavy atom. The van der Waals surface area contributed by atoms with E-state index in [0.29, 0.717) is 15.8 Å². The van der Waals surface area contributed by atoms with E-state index in [1.165, 1.54) is 0 Å². The Labute approximate surface area is 143 Å². The first-order chi connectivity index (χ1) is 10.6. The van der Waals surface area contributed by atoms with Crippen molar-refractivity contribution in [3.63, 3.8) is 0 Å². The van der Waals surface area contributed by atoms with Crippen LogP contribution in [0.15, 0.2) is 42.5 Å². The van der Waals surface area contributed by atoms with Crippen LogP contribution in [0.25, 0.3) is 0 Å². The van der Waals surface area contributed by atoms with Crippen LogP contribution >= 0.6 is 35.0 Å². The van der Waals surface area contributed by atoms with E-state index in [4.69, 9.17) is 27.9 Å². The number of hydrogen-bond acceptors (Lipinski definition) is 3. The number of benzene rings is 2. The van der Waals surface area contributed by atoms with E-state index in [9.17, 15) is 4.79 Å². The summed E-state index contributed by atoms with van der Waals surface area (Å²) in [6, 6.07) is 12.7. The van der Waals surface area contributed by atoms with E-state index >= 15 is 0 Å². The number of carbonyl (C=O) groups is 1. The minimum atomic E-state index is -0.165. The van der Waals surface area contributed by atoms with Crippen LogP contribution < -0.4 is 9.64 Å². The topological polar surface area (TPSA) is 29.5 Å². The molecule has 0 unspecified atom stereocenters. The summed E-state index contributed by atoms with van der Waals surface area (Å²) in [4.78, 5) is 14.1. The second-order valence-corrected chi connectivity index (χ2v) is 6.73. The summed E-state index contributed by atoms with van der Waals surface area (Å²) in [5.41, 5.74) is 1.70. The van der Waals surface area contributed by atoms with Gasteiger partial charge in [0.2, 0.25) is 5.91 Å². The highest BCUT2D eigenvalue weighted by molar-refractivity contribution is 8.00.